The zero-order valence-electron chi connectivity index (χ0n) is 7.64. The summed E-state index contributed by atoms with van der Waals surface area (Å²) in [6, 6.07) is 0. The van der Waals surface area contributed by atoms with Crippen molar-refractivity contribution in [2.75, 3.05) is 0 Å². The normalized spacial score (nSPS) is 10.2. The minimum atomic E-state index is -0.450. The predicted octanol–water partition coefficient (Wildman–Crippen LogP) is 1.66. The van der Waals surface area contributed by atoms with Crippen molar-refractivity contribution in [2.45, 2.75) is 32.6 Å². The Morgan fingerprint density at radius 1 is 1.62 bits per heavy atom. The molecule has 5 heteroatoms. The van der Waals surface area contributed by atoms with Gasteiger partial charge in [-0.15, -0.1) is 0 Å². The van der Waals surface area contributed by atoms with Gasteiger partial charge in [0, 0.05) is 6.42 Å². The third-order valence-electron chi connectivity index (χ3n) is 1.88. The summed E-state index contributed by atoms with van der Waals surface area (Å²) >= 11 is 0. The number of imidazole rings is 1. The maximum Gasteiger partial charge on any atom is 0.175 e. The van der Waals surface area contributed by atoms with Crippen molar-refractivity contribution in [1.82, 2.24) is 9.66 Å². The highest BCUT2D eigenvalue weighted by atomic mass is 16.7. The smallest absolute Gasteiger partial charge is 0.175 e. The maximum absolute atomic E-state index is 10.4. The van der Waals surface area contributed by atoms with Crippen molar-refractivity contribution in [3.05, 3.63) is 28.3 Å². The summed E-state index contributed by atoms with van der Waals surface area (Å²) in [6.07, 6.45) is 6.68. The summed E-state index contributed by atoms with van der Waals surface area (Å²) in [5.41, 5.74) is 0. The van der Waals surface area contributed by atoms with Gasteiger partial charge in [-0.3, -0.25) is 0 Å². The molecule has 0 N–H and O–H groups in total. The van der Waals surface area contributed by atoms with E-state index in [1.54, 1.807) is 0 Å². The van der Waals surface area contributed by atoms with Gasteiger partial charge in [-0.1, -0.05) is 24.4 Å². The molecule has 1 heterocycles. The highest BCUT2D eigenvalue weighted by Crippen LogP contribution is 2.04. The molecule has 1 aromatic rings. The van der Waals surface area contributed by atoms with Crippen molar-refractivity contribution >= 4 is 0 Å². The van der Waals surface area contributed by atoms with Crippen LogP contribution in [-0.4, -0.2) is 14.7 Å². The van der Waals surface area contributed by atoms with Gasteiger partial charge in [-0.05, 0) is 6.42 Å². The Morgan fingerprint density at radius 3 is 3.00 bits per heavy atom. The molecule has 0 saturated carbocycles. The summed E-state index contributed by atoms with van der Waals surface area (Å²) in [7, 11) is 0. The van der Waals surface area contributed by atoms with Crippen LogP contribution in [-0.2, 0) is 6.42 Å². The molecule has 1 rings (SSSR count). The lowest BCUT2D eigenvalue weighted by Crippen LogP contribution is -2.11. The van der Waals surface area contributed by atoms with E-state index in [1.807, 2.05) is 0 Å². The highest BCUT2D eigenvalue weighted by molar-refractivity contribution is 4.89. The van der Waals surface area contributed by atoms with E-state index in [9.17, 15) is 10.1 Å². The van der Waals surface area contributed by atoms with Gasteiger partial charge < -0.3 is 0 Å². The van der Waals surface area contributed by atoms with E-state index in [1.165, 1.54) is 12.4 Å². The molecule has 0 bridgehead atoms. The Hall–Kier alpha value is -1.39. The molecule has 0 amide bonds. The van der Waals surface area contributed by atoms with Gasteiger partial charge >= 0.3 is 0 Å². The van der Waals surface area contributed by atoms with E-state index in [0.717, 1.165) is 23.9 Å². The van der Waals surface area contributed by atoms with Crippen LogP contribution < -0.4 is 0 Å². The minimum Gasteiger partial charge on any atom is -0.236 e. The fourth-order valence-corrected chi connectivity index (χ4v) is 1.19. The average molecular weight is 183 g/mol. The van der Waals surface area contributed by atoms with Gasteiger partial charge in [0.25, 0.3) is 0 Å². The van der Waals surface area contributed by atoms with E-state index < -0.39 is 5.03 Å². The van der Waals surface area contributed by atoms with Crippen LogP contribution in [0.1, 0.15) is 32.0 Å². The topological polar surface area (TPSA) is 61.0 Å². The molecule has 0 saturated heterocycles. The Balaban J connectivity index is 2.55. The first-order chi connectivity index (χ1) is 6.25. The number of aryl methyl sites for hydroxylation is 1. The van der Waals surface area contributed by atoms with Crippen LogP contribution in [0.4, 0.5) is 0 Å². The van der Waals surface area contributed by atoms with Gasteiger partial charge in [0.05, 0.1) is 12.4 Å². The van der Waals surface area contributed by atoms with Crippen molar-refractivity contribution in [1.29, 1.82) is 0 Å². The molecule has 0 radical (unpaired) electrons. The van der Waals surface area contributed by atoms with Crippen molar-refractivity contribution in [2.24, 2.45) is 0 Å². The first-order valence-electron chi connectivity index (χ1n) is 4.42. The number of rotatable bonds is 5. The van der Waals surface area contributed by atoms with Crippen LogP contribution in [0, 0.1) is 10.1 Å². The molecule has 0 aliphatic carbocycles. The van der Waals surface area contributed by atoms with E-state index >= 15 is 0 Å². The Morgan fingerprint density at radius 2 is 2.38 bits per heavy atom. The summed E-state index contributed by atoms with van der Waals surface area (Å²) in [5, 5.41) is 9.99. The standard InChI is InChI=1S/C8H13N3O2/c1-2-3-4-5-8-9-6-7-10(8)11(12)13/h6-7H,2-5H2,1H3. The molecule has 1 aromatic heterocycles. The van der Waals surface area contributed by atoms with Crippen LogP contribution in [0.25, 0.3) is 0 Å². The zero-order chi connectivity index (χ0) is 9.68. The zero-order valence-corrected chi connectivity index (χ0v) is 7.64. The Bertz CT molecular complexity index is 283. The molecule has 0 aromatic carbocycles. The number of nitrogens with zero attached hydrogens (tertiary/aromatic N) is 3. The molecule has 72 valence electrons. The second kappa shape index (κ2) is 4.59. The fraction of sp³-hybridized carbons (Fsp3) is 0.625. The van der Waals surface area contributed by atoms with Crippen molar-refractivity contribution in [3.63, 3.8) is 0 Å². The molecule has 0 spiro atoms. The maximum atomic E-state index is 10.4. The first kappa shape index (κ1) is 9.70. The third-order valence-corrected chi connectivity index (χ3v) is 1.88. The Kier molecular flexibility index (Phi) is 3.42. The van der Waals surface area contributed by atoms with Crippen molar-refractivity contribution < 1.29 is 5.03 Å². The molecular formula is C8H13N3O2. The Labute approximate surface area is 76.5 Å². The molecule has 5 nitrogen and oxygen atoms in total. The SMILES string of the molecule is CCCCCc1nccn1[N+](=O)[O-]. The summed E-state index contributed by atoms with van der Waals surface area (Å²) in [6.45, 7) is 2.10. The second-order valence-electron chi connectivity index (χ2n) is 2.88. The van der Waals surface area contributed by atoms with Crippen LogP contribution in [0.2, 0.25) is 0 Å². The van der Waals surface area contributed by atoms with Gasteiger partial charge in [-0.25, -0.2) is 15.1 Å². The average Bonchev–Trinajstić information content (AvgIpc) is 2.53. The predicted molar refractivity (Wildman–Crippen MR) is 47.8 cm³/mol. The van der Waals surface area contributed by atoms with E-state index in [2.05, 4.69) is 11.9 Å². The number of aromatic nitrogens is 2. The largest absolute Gasteiger partial charge is 0.236 e. The fourth-order valence-electron chi connectivity index (χ4n) is 1.19. The molecule has 0 aliphatic rings. The number of unbranched alkanes of at least 4 members (excludes halogenated alkanes) is 2. The molecule has 0 fully saturated rings. The van der Waals surface area contributed by atoms with E-state index in [4.69, 9.17) is 0 Å². The lowest BCUT2D eigenvalue weighted by molar-refractivity contribution is -0.543. The van der Waals surface area contributed by atoms with Gasteiger partial charge in [-0.2, -0.15) is 0 Å². The van der Waals surface area contributed by atoms with E-state index in [0.29, 0.717) is 12.2 Å². The highest BCUT2D eigenvalue weighted by Gasteiger charge is 2.09. The second-order valence-corrected chi connectivity index (χ2v) is 2.88. The summed E-state index contributed by atoms with van der Waals surface area (Å²) in [5.74, 6) is 0.540. The molecule has 13 heavy (non-hydrogen) atoms. The third kappa shape index (κ3) is 2.54. The monoisotopic (exact) mass is 183 g/mol. The van der Waals surface area contributed by atoms with Crippen LogP contribution in [0.15, 0.2) is 12.4 Å². The molecule has 0 atom stereocenters. The van der Waals surface area contributed by atoms with E-state index in [-0.39, 0.29) is 0 Å². The number of nitro groups is 1. The number of hydrogen-bond donors (Lipinski definition) is 0. The first-order valence-corrected chi connectivity index (χ1v) is 4.42. The van der Waals surface area contributed by atoms with Crippen LogP contribution >= 0.6 is 0 Å². The summed E-state index contributed by atoms with van der Waals surface area (Å²) < 4.78 is 0.982. The van der Waals surface area contributed by atoms with Crippen LogP contribution in [0.3, 0.4) is 0 Å². The molecule has 0 unspecified atom stereocenters. The lowest BCUT2D eigenvalue weighted by Gasteiger charge is -1.97. The number of hydrogen-bond acceptors (Lipinski definition) is 3. The lowest BCUT2D eigenvalue weighted by atomic mass is 10.2. The molecule has 0 aliphatic heterocycles. The summed E-state index contributed by atoms with van der Waals surface area (Å²) in [4.78, 5) is 14.4. The van der Waals surface area contributed by atoms with Gasteiger partial charge in [0.15, 0.2) is 10.9 Å². The van der Waals surface area contributed by atoms with Crippen molar-refractivity contribution in [3.8, 4) is 0 Å². The van der Waals surface area contributed by atoms with Gasteiger partial charge in [0.1, 0.15) is 0 Å². The van der Waals surface area contributed by atoms with Gasteiger partial charge in [0.2, 0.25) is 0 Å². The molecular weight excluding hydrogens is 170 g/mol. The quantitative estimate of drug-likeness (QED) is 0.396. The van der Waals surface area contributed by atoms with Crippen LogP contribution in [0.5, 0.6) is 0 Å². The minimum absolute atomic E-state index is 0.450.